The summed E-state index contributed by atoms with van der Waals surface area (Å²) in [6.45, 7) is 3.47. The molecule has 0 aromatic carbocycles. The molecule has 0 aliphatic rings. The summed E-state index contributed by atoms with van der Waals surface area (Å²) in [7, 11) is 0. The number of aliphatic carboxylic acids is 1. The minimum atomic E-state index is -1.27. The number of carbonyl (C=O) groups excluding carboxylic acids is 1. The van der Waals surface area contributed by atoms with Crippen LogP contribution in [0.25, 0.3) is 0 Å². The quantitative estimate of drug-likeness (QED) is 0.738. The molecule has 0 aliphatic heterocycles. The van der Waals surface area contributed by atoms with Crippen molar-refractivity contribution in [2.75, 3.05) is 0 Å². The molecule has 0 amide bonds. The largest absolute Gasteiger partial charge is 0.480 e. The maximum absolute atomic E-state index is 11.9. The fourth-order valence-corrected chi connectivity index (χ4v) is 1.71. The molecule has 0 fully saturated rings. The van der Waals surface area contributed by atoms with Gasteiger partial charge in [0.2, 0.25) is 0 Å². The molecule has 6 nitrogen and oxygen atoms in total. The summed E-state index contributed by atoms with van der Waals surface area (Å²) in [5.41, 5.74) is 6.11. The van der Waals surface area contributed by atoms with Crippen LogP contribution in [0.2, 0.25) is 0 Å². The van der Waals surface area contributed by atoms with Gasteiger partial charge in [-0.25, -0.2) is 0 Å². The third-order valence-electron chi connectivity index (χ3n) is 2.75. The molecular weight excluding hydrogens is 248 g/mol. The molecule has 0 radical (unpaired) electrons. The molecule has 1 rings (SSSR count). The van der Waals surface area contributed by atoms with E-state index in [1.807, 2.05) is 0 Å². The third-order valence-corrected chi connectivity index (χ3v) is 2.75. The van der Waals surface area contributed by atoms with E-state index in [1.165, 1.54) is 0 Å². The number of carboxylic acids is 1. The van der Waals surface area contributed by atoms with Crippen molar-refractivity contribution < 1.29 is 19.4 Å². The van der Waals surface area contributed by atoms with Gasteiger partial charge in [0, 0.05) is 6.20 Å². The highest BCUT2D eigenvalue weighted by molar-refractivity contribution is 5.83. The van der Waals surface area contributed by atoms with Crippen LogP contribution in [0.3, 0.4) is 0 Å². The van der Waals surface area contributed by atoms with Crippen LogP contribution in [0.1, 0.15) is 19.5 Å². The van der Waals surface area contributed by atoms with Crippen LogP contribution >= 0.6 is 0 Å². The number of ether oxygens (including phenoxy) is 1. The molecule has 1 heterocycles. The van der Waals surface area contributed by atoms with Gasteiger partial charge in [-0.3, -0.25) is 14.6 Å². The topological polar surface area (TPSA) is 103 Å². The van der Waals surface area contributed by atoms with Crippen molar-refractivity contribution in [1.82, 2.24) is 4.98 Å². The lowest BCUT2D eigenvalue weighted by molar-refractivity contribution is -0.157. The fourth-order valence-electron chi connectivity index (χ4n) is 1.71. The Morgan fingerprint density at radius 3 is 2.58 bits per heavy atom. The van der Waals surface area contributed by atoms with Gasteiger partial charge in [-0.15, -0.1) is 0 Å². The molecule has 104 valence electrons. The zero-order valence-corrected chi connectivity index (χ0v) is 10.9. The van der Waals surface area contributed by atoms with E-state index in [1.54, 1.807) is 38.2 Å². The van der Waals surface area contributed by atoms with Crippen LogP contribution in [0.15, 0.2) is 24.4 Å². The molecular formula is C13H18N2O4. The highest BCUT2D eigenvalue weighted by Gasteiger charge is 2.34. The summed E-state index contributed by atoms with van der Waals surface area (Å²) in [4.78, 5) is 26.8. The number of pyridine rings is 1. The van der Waals surface area contributed by atoms with Crippen LogP contribution in [0, 0.1) is 11.8 Å². The number of aromatic nitrogens is 1. The number of hydrogen-bond donors (Lipinski definition) is 2. The number of esters is 1. The Bertz CT molecular complexity index is 434. The van der Waals surface area contributed by atoms with E-state index >= 15 is 0 Å². The van der Waals surface area contributed by atoms with Gasteiger partial charge in [-0.1, -0.05) is 19.9 Å². The van der Waals surface area contributed by atoms with Crippen LogP contribution in [-0.4, -0.2) is 28.1 Å². The Hall–Kier alpha value is -1.95. The molecule has 0 aliphatic carbocycles. The first-order valence-electron chi connectivity index (χ1n) is 5.98. The smallest absolute Gasteiger partial charge is 0.321 e. The molecule has 3 N–H and O–H groups in total. The first-order chi connectivity index (χ1) is 8.93. The van der Waals surface area contributed by atoms with E-state index in [4.69, 9.17) is 15.6 Å². The van der Waals surface area contributed by atoms with Gasteiger partial charge in [0.05, 0.1) is 11.6 Å². The molecule has 1 aromatic rings. The summed E-state index contributed by atoms with van der Waals surface area (Å²) in [6.07, 6.45) is 1.59. The summed E-state index contributed by atoms with van der Waals surface area (Å²) in [6, 6.07) is 3.98. The average molecular weight is 266 g/mol. The molecule has 19 heavy (non-hydrogen) atoms. The van der Waals surface area contributed by atoms with Crippen molar-refractivity contribution in [2.45, 2.75) is 26.5 Å². The van der Waals surface area contributed by atoms with Gasteiger partial charge < -0.3 is 15.6 Å². The predicted molar refractivity (Wildman–Crippen MR) is 68.0 cm³/mol. The van der Waals surface area contributed by atoms with E-state index in [0.29, 0.717) is 5.69 Å². The second kappa shape index (κ2) is 6.84. The SMILES string of the molecule is CC(C)C(C(=O)OCc1ccccn1)[C@H](N)C(=O)O. The molecule has 1 unspecified atom stereocenters. The zero-order valence-electron chi connectivity index (χ0n) is 10.9. The average Bonchev–Trinajstić information content (AvgIpc) is 2.37. The fraction of sp³-hybridized carbons (Fsp3) is 0.462. The van der Waals surface area contributed by atoms with Crippen LogP contribution in [0.4, 0.5) is 0 Å². The van der Waals surface area contributed by atoms with E-state index in [0.717, 1.165) is 0 Å². The first-order valence-corrected chi connectivity index (χ1v) is 5.98. The molecule has 1 aromatic heterocycles. The first kappa shape index (κ1) is 15.1. The standard InChI is InChI=1S/C13H18N2O4/c1-8(2)10(11(14)12(16)17)13(18)19-7-9-5-3-4-6-15-9/h3-6,8,10-11H,7,14H2,1-2H3,(H,16,17)/t10?,11-/m0/s1. The van der Waals surface area contributed by atoms with Crippen molar-refractivity contribution in [3.63, 3.8) is 0 Å². The lowest BCUT2D eigenvalue weighted by Crippen LogP contribution is -2.45. The number of hydrogen-bond acceptors (Lipinski definition) is 5. The normalized spacial score (nSPS) is 13.9. The van der Waals surface area contributed by atoms with Crippen molar-refractivity contribution >= 4 is 11.9 Å². The Morgan fingerprint density at radius 2 is 2.11 bits per heavy atom. The lowest BCUT2D eigenvalue weighted by Gasteiger charge is -2.22. The number of carboxylic acid groups (broad SMARTS) is 1. The Balaban J connectivity index is 2.65. The monoisotopic (exact) mass is 266 g/mol. The highest BCUT2D eigenvalue weighted by atomic mass is 16.5. The van der Waals surface area contributed by atoms with Crippen molar-refractivity contribution in [3.8, 4) is 0 Å². The van der Waals surface area contributed by atoms with E-state index < -0.39 is 23.9 Å². The predicted octanol–water partition coefficient (Wildman–Crippen LogP) is 0.809. The van der Waals surface area contributed by atoms with Crippen LogP contribution < -0.4 is 5.73 Å². The minimum absolute atomic E-state index is 0.00916. The summed E-state index contributed by atoms with van der Waals surface area (Å²) in [5, 5.41) is 8.89. The lowest BCUT2D eigenvalue weighted by atomic mass is 9.89. The van der Waals surface area contributed by atoms with E-state index in [9.17, 15) is 9.59 Å². The number of nitrogens with two attached hydrogens (primary N) is 1. The Kier molecular flexibility index (Phi) is 5.44. The van der Waals surface area contributed by atoms with Gasteiger partial charge >= 0.3 is 11.9 Å². The summed E-state index contributed by atoms with van der Waals surface area (Å²) < 4.78 is 5.08. The van der Waals surface area contributed by atoms with Gasteiger partial charge in [0.15, 0.2) is 0 Å². The number of nitrogens with zero attached hydrogens (tertiary/aromatic N) is 1. The zero-order chi connectivity index (χ0) is 14.4. The number of carbonyl (C=O) groups is 2. The maximum atomic E-state index is 11.9. The van der Waals surface area contributed by atoms with E-state index in [-0.39, 0.29) is 12.5 Å². The molecule has 2 atom stereocenters. The number of rotatable bonds is 6. The second-order valence-corrected chi connectivity index (χ2v) is 4.56. The van der Waals surface area contributed by atoms with Crippen LogP contribution in [-0.2, 0) is 20.9 Å². The van der Waals surface area contributed by atoms with E-state index in [2.05, 4.69) is 4.98 Å². The van der Waals surface area contributed by atoms with Gasteiger partial charge in [0.1, 0.15) is 12.6 Å². The molecule has 6 heteroatoms. The van der Waals surface area contributed by atoms with Gasteiger partial charge in [-0.2, -0.15) is 0 Å². The minimum Gasteiger partial charge on any atom is -0.480 e. The third kappa shape index (κ3) is 4.33. The van der Waals surface area contributed by atoms with Gasteiger partial charge in [-0.05, 0) is 18.1 Å². The molecule has 0 saturated heterocycles. The highest BCUT2D eigenvalue weighted by Crippen LogP contribution is 2.17. The molecule has 0 bridgehead atoms. The molecule has 0 spiro atoms. The maximum Gasteiger partial charge on any atom is 0.321 e. The summed E-state index contributed by atoms with van der Waals surface area (Å²) in [5.74, 6) is -2.92. The van der Waals surface area contributed by atoms with Crippen molar-refractivity contribution in [2.24, 2.45) is 17.6 Å². The van der Waals surface area contributed by atoms with Crippen LogP contribution in [0.5, 0.6) is 0 Å². The van der Waals surface area contributed by atoms with Crippen molar-refractivity contribution in [1.29, 1.82) is 0 Å². The summed E-state index contributed by atoms with van der Waals surface area (Å²) >= 11 is 0. The molecule has 0 saturated carbocycles. The second-order valence-electron chi connectivity index (χ2n) is 4.56. The Morgan fingerprint density at radius 1 is 1.42 bits per heavy atom. The van der Waals surface area contributed by atoms with Crippen molar-refractivity contribution in [3.05, 3.63) is 30.1 Å². The Labute approximate surface area is 111 Å². The van der Waals surface area contributed by atoms with Gasteiger partial charge in [0.25, 0.3) is 0 Å².